The van der Waals surface area contributed by atoms with Crippen molar-refractivity contribution in [1.82, 2.24) is 20.2 Å². The quantitative estimate of drug-likeness (QED) is 0.756. The highest BCUT2D eigenvalue weighted by Gasteiger charge is 2.18. The molecular weight excluding hydrogens is 282 g/mol. The Bertz CT molecular complexity index is 543. The molecule has 1 aliphatic rings. The molecule has 1 aliphatic heterocycles. The van der Waals surface area contributed by atoms with Gasteiger partial charge < -0.3 is 15.0 Å². The first-order valence-electron chi connectivity index (χ1n) is 7.27. The van der Waals surface area contributed by atoms with Crippen LogP contribution >= 0.6 is 0 Å². The van der Waals surface area contributed by atoms with Crippen LogP contribution in [-0.4, -0.2) is 67.2 Å². The lowest BCUT2D eigenvalue weighted by Crippen LogP contribution is -2.39. The highest BCUT2D eigenvalue weighted by Crippen LogP contribution is 2.14. The molecule has 1 aromatic rings. The smallest absolute Gasteiger partial charge is 0.234 e. The Morgan fingerprint density at radius 3 is 3.09 bits per heavy atom. The average Bonchev–Trinajstić information content (AvgIpc) is 2.78. The van der Waals surface area contributed by atoms with E-state index in [1.807, 2.05) is 0 Å². The standard InChI is InChI=1S/C15H21N5O2/c1-3-6-16-13(21)12-19-8-4-9-20(11-10-19)15-17-7-5-14(18-15)22-2/h1,5,7H,4,6,8-12H2,2H3,(H,16,21). The largest absolute Gasteiger partial charge is 0.481 e. The van der Waals surface area contributed by atoms with Crippen molar-refractivity contribution in [3.8, 4) is 18.2 Å². The lowest BCUT2D eigenvalue weighted by molar-refractivity contribution is -0.121. The first-order valence-corrected chi connectivity index (χ1v) is 7.27. The third kappa shape index (κ3) is 4.60. The van der Waals surface area contributed by atoms with Crippen LogP contribution in [0.1, 0.15) is 6.42 Å². The Morgan fingerprint density at radius 1 is 1.45 bits per heavy atom. The van der Waals surface area contributed by atoms with Gasteiger partial charge in [-0.1, -0.05) is 5.92 Å². The van der Waals surface area contributed by atoms with Gasteiger partial charge in [0, 0.05) is 38.4 Å². The van der Waals surface area contributed by atoms with Gasteiger partial charge in [0.25, 0.3) is 0 Å². The van der Waals surface area contributed by atoms with Crippen molar-refractivity contribution >= 4 is 11.9 Å². The molecule has 0 radical (unpaired) electrons. The van der Waals surface area contributed by atoms with Crippen molar-refractivity contribution < 1.29 is 9.53 Å². The molecule has 2 rings (SSSR count). The zero-order valence-electron chi connectivity index (χ0n) is 12.8. The van der Waals surface area contributed by atoms with Crippen molar-refractivity contribution in [2.75, 3.05) is 51.3 Å². The van der Waals surface area contributed by atoms with Crippen LogP contribution in [0.15, 0.2) is 12.3 Å². The maximum absolute atomic E-state index is 11.7. The highest BCUT2D eigenvalue weighted by atomic mass is 16.5. The van der Waals surface area contributed by atoms with Crippen molar-refractivity contribution in [2.24, 2.45) is 0 Å². The van der Waals surface area contributed by atoms with Gasteiger partial charge >= 0.3 is 0 Å². The van der Waals surface area contributed by atoms with Crippen LogP contribution in [0.4, 0.5) is 5.95 Å². The second-order valence-electron chi connectivity index (χ2n) is 5.00. The molecule has 1 aromatic heterocycles. The average molecular weight is 303 g/mol. The number of aromatic nitrogens is 2. The fourth-order valence-electron chi connectivity index (χ4n) is 2.34. The van der Waals surface area contributed by atoms with Crippen LogP contribution in [-0.2, 0) is 4.79 Å². The number of carbonyl (C=O) groups excluding carboxylic acids is 1. The fraction of sp³-hybridized carbons (Fsp3) is 0.533. The lowest BCUT2D eigenvalue weighted by atomic mass is 10.4. The minimum atomic E-state index is -0.0379. The van der Waals surface area contributed by atoms with E-state index in [-0.39, 0.29) is 12.5 Å². The summed E-state index contributed by atoms with van der Waals surface area (Å²) in [5.41, 5.74) is 0. The topological polar surface area (TPSA) is 70.6 Å². The Morgan fingerprint density at radius 2 is 2.32 bits per heavy atom. The highest BCUT2D eigenvalue weighted by molar-refractivity contribution is 5.78. The molecule has 0 unspecified atom stereocenters. The predicted octanol–water partition coefficient (Wildman–Crippen LogP) is -0.253. The Labute approximate surface area is 130 Å². The van der Waals surface area contributed by atoms with Gasteiger partial charge in [0.05, 0.1) is 20.2 Å². The molecule has 2 heterocycles. The van der Waals surface area contributed by atoms with E-state index in [1.165, 1.54) is 0 Å². The second-order valence-corrected chi connectivity index (χ2v) is 5.00. The molecule has 1 N–H and O–H groups in total. The summed E-state index contributed by atoms with van der Waals surface area (Å²) in [6, 6.07) is 1.73. The van der Waals surface area contributed by atoms with Crippen molar-refractivity contribution in [2.45, 2.75) is 6.42 Å². The fourth-order valence-corrected chi connectivity index (χ4v) is 2.34. The number of amides is 1. The van der Waals surface area contributed by atoms with Gasteiger partial charge in [0.2, 0.25) is 17.7 Å². The molecule has 22 heavy (non-hydrogen) atoms. The Kier molecular flexibility index (Phi) is 5.98. The summed E-state index contributed by atoms with van der Waals surface area (Å²) in [7, 11) is 1.59. The summed E-state index contributed by atoms with van der Waals surface area (Å²) < 4.78 is 5.13. The van der Waals surface area contributed by atoms with E-state index in [4.69, 9.17) is 11.2 Å². The van der Waals surface area contributed by atoms with Gasteiger partial charge in [0.15, 0.2) is 0 Å². The Hall–Kier alpha value is -2.33. The molecule has 0 saturated carbocycles. The summed E-state index contributed by atoms with van der Waals surface area (Å²) in [6.45, 7) is 3.92. The first-order chi connectivity index (χ1) is 10.7. The van der Waals surface area contributed by atoms with Crippen LogP contribution in [0.3, 0.4) is 0 Å². The number of hydrogen-bond acceptors (Lipinski definition) is 6. The molecule has 7 heteroatoms. The van der Waals surface area contributed by atoms with Gasteiger partial charge in [0.1, 0.15) is 0 Å². The molecule has 1 amide bonds. The van der Waals surface area contributed by atoms with Crippen molar-refractivity contribution in [1.29, 1.82) is 0 Å². The van der Waals surface area contributed by atoms with E-state index in [0.29, 0.717) is 18.4 Å². The van der Waals surface area contributed by atoms with Gasteiger partial charge in [-0.05, 0) is 6.42 Å². The lowest BCUT2D eigenvalue weighted by Gasteiger charge is -2.21. The third-order valence-corrected chi connectivity index (χ3v) is 3.45. The number of nitrogens with one attached hydrogen (secondary N) is 1. The molecule has 0 atom stereocenters. The number of anilines is 1. The van der Waals surface area contributed by atoms with Gasteiger partial charge in [-0.15, -0.1) is 6.42 Å². The number of terminal acetylenes is 1. The molecule has 0 spiro atoms. The van der Waals surface area contributed by atoms with Gasteiger partial charge in [-0.3, -0.25) is 9.69 Å². The summed E-state index contributed by atoms with van der Waals surface area (Å²) in [6.07, 6.45) is 7.77. The monoisotopic (exact) mass is 303 g/mol. The molecule has 0 aromatic carbocycles. The predicted molar refractivity (Wildman–Crippen MR) is 83.7 cm³/mol. The molecule has 0 bridgehead atoms. The van der Waals surface area contributed by atoms with Gasteiger partial charge in [-0.25, -0.2) is 4.98 Å². The van der Waals surface area contributed by atoms with E-state index in [1.54, 1.807) is 19.4 Å². The zero-order valence-corrected chi connectivity index (χ0v) is 12.8. The number of nitrogens with zero attached hydrogens (tertiary/aromatic N) is 4. The third-order valence-electron chi connectivity index (χ3n) is 3.45. The van der Waals surface area contributed by atoms with Crippen molar-refractivity contribution in [3.05, 3.63) is 12.3 Å². The van der Waals surface area contributed by atoms with E-state index >= 15 is 0 Å². The minimum absolute atomic E-state index is 0.0379. The SMILES string of the molecule is C#CCNC(=O)CN1CCCN(c2nccc(OC)n2)CC1. The summed E-state index contributed by atoms with van der Waals surface area (Å²) in [5.74, 6) is 3.58. The number of ether oxygens (including phenoxy) is 1. The summed E-state index contributed by atoms with van der Waals surface area (Å²) >= 11 is 0. The van der Waals surface area contributed by atoms with Crippen LogP contribution < -0.4 is 15.0 Å². The van der Waals surface area contributed by atoms with E-state index in [9.17, 15) is 4.79 Å². The first kappa shape index (κ1) is 16.0. The maximum Gasteiger partial charge on any atom is 0.234 e. The molecular formula is C15H21N5O2. The molecule has 0 aliphatic carbocycles. The second kappa shape index (κ2) is 8.20. The van der Waals surface area contributed by atoms with E-state index in [0.717, 1.165) is 32.6 Å². The molecule has 1 saturated heterocycles. The van der Waals surface area contributed by atoms with Crippen LogP contribution in [0.25, 0.3) is 0 Å². The molecule has 118 valence electrons. The van der Waals surface area contributed by atoms with E-state index < -0.39 is 0 Å². The number of carbonyl (C=O) groups is 1. The van der Waals surface area contributed by atoms with Gasteiger partial charge in [-0.2, -0.15) is 4.98 Å². The summed E-state index contributed by atoms with van der Waals surface area (Å²) in [5, 5.41) is 2.69. The van der Waals surface area contributed by atoms with Crippen molar-refractivity contribution in [3.63, 3.8) is 0 Å². The number of methoxy groups -OCH3 is 1. The zero-order chi connectivity index (χ0) is 15.8. The molecule has 1 fully saturated rings. The maximum atomic E-state index is 11.7. The van der Waals surface area contributed by atoms with Crippen LogP contribution in [0.5, 0.6) is 5.88 Å². The minimum Gasteiger partial charge on any atom is -0.481 e. The summed E-state index contributed by atoms with van der Waals surface area (Å²) in [4.78, 5) is 24.6. The number of rotatable bonds is 5. The van der Waals surface area contributed by atoms with E-state index in [2.05, 4.69) is 31.0 Å². The molecule has 7 nitrogen and oxygen atoms in total. The van der Waals surface area contributed by atoms with Crippen LogP contribution in [0, 0.1) is 12.3 Å². The Balaban J connectivity index is 1.89. The normalized spacial score (nSPS) is 15.7. The van der Waals surface area contributed by atoms with Crippen LogP contribution in [0.2, 0.25) is 0 Å². The number of hydrogen-bond donors (Lipinski definition) is 1.